The van der Waals surface area contributed by atoms with E-state index < -0.39 is 0 Å². The van der Waals surface area contributed by atoms with Gasteiger partial charge in [-0.3, -0.25) is 4.90 Å². The van der Waals surface area contributed by atoms with Crippen LogP contribution in [-0.4, -0.2) is 18.0 Å². The summed E-state index contributed by atoms with van der Waals surface area (Å²) in [5, 5.41) is 1.43. The minimum absolute atomic E-state index is 0.101. The molecule has 4 heteroatoms. The van der Waals surface area contributed by atoms with Gasteiger partial charge in [-0.1, -0.05) is 47.5 Å². The number of benzene rings is 2. The van der Waals surface area contributed by atoms with Crippen molar-refractivity contribution in [1.29, 1.82) is 0 Å². The minimum Gasteiger partial charge on any atom is -0.329 e. The third-order valence-corrected chi connectivity index (χ3v) is 4.72. The fourth-order valence-corrected chi connectivity index (χ4v) is 3.45. The highest BCUT2D eigenvalue weighted by molar-refractivity contribution is 6.33. The normalized spacial score (nSPS) is 16.5. The molecule has 0 saturated heterocycles. The molecule has 110 valence electrons. The standard InChI is InChI=1S/C17H18Cl2N2/c18-14-5-6-16(19)15(9-14)17(10-20)21-8-7-12-3-1-2-4-13(12)11-21/h1-6,9,17H,7-8,10-11,20H2. The predicted octanol–water partition coefficient (Wildman–Crippen LogP) is 4.05. The lowest BCUT2D eigenvalue weighted by Gasteiger charge is -2.35. The van der Waals surface area contributed by atoms with Gasteiger partial charge < -0.3 is 5.73 Å². The smallest absolute Gasteiger partial charge is 0.0489 e. The van der Waals surface area contributed by atoms with E-state index in [0.29, 0.717) is 11.6 Å². The number of hydrogen-bond donors (Lipinski definition) is 1. The highest BCUT2D eigenvalue weighted by atomic mass is 35.5. The maximum atomic E-state index is 6.35. The van der Waals surface area contributed by atoms with E-state index in [4.69, 9.17) is 28.9 Å². The molecule has 0 aromatic heterocycles. The summed E-state index contributed by atoms with van der Waals surface area (Å²) in [7, 11) is 0. The lowest BCUT2D eigenvalue weighted by molar-refractivity contribution is 0.184. The molecule has 2 N–H and O–H groups in total. The van der Waals surface area contributed by atoms with Crippen LogP contribution < -0.4 is 5.73 Å². The zero-order valence-corrected chi connectivity index (χ0v) is 13.2. The number of nitrogens with two attached hydrogens (primary N) is 1. The van der Waals surface area contributed by atoms with Crippen LogP contribution in [0.5, 0.6) is 0 Å². The van der Waals surface area contributed by atoms with Crippen LogP contribution in [0.25, 0.3) is 0 Å². The Morgan fingerprint density at radius 1 is 1.10 bits per heavy atom. The topological polar surface area (TPSA) is 29.3 Å². The van der Waals surface area contributed by atoms with Crippen LogP contribution in [0, 0.1) is 0 Å². The molecule has 21 heavy (non-hydrogen) atoms. The Bertz CT molecular complexity index is 642. The molecule has 0 radical (unpaired) electrons. The van der Waals surface area contributed by atoms with Gasteiger partial charge in [-0.2, -0.15) is 0 Å². The third-order valence-electron chi connectivity index (χ3n) is 4.14. The summed E-state index contributed by atoms with van der Waals surface area (Å²) in [6.07, 6.45) is 1.05. The summed E-state index contributed by atoms with van der Waals surface area (Å²) in [5.74, 6) is 0. The highest BCUT2D eigenvalue weighted by Crippen LogP contribution is 2.32. The summed E-state index contributed by atoms with van der Waals surface area (Å²) >= 11 is 12.5. The van der Waals surface area contributed by atoms with Crippen molar-refractivity contribution in [3.8, 4) is 0 Å². The molecule has 2 aromatic rings. The molecular formula is C17H18Cl2N2. The lowest BCUT2D eigenvalue weighted by atomic mass is 9.96. The van der Waals surface area contributed by atoms with Gasteiger partial charge in [0.2, 0.25) is 0 Å². The summed E-state index contributed by atoms with van der Waals surface area (Å²) in [6, 6.07) is 14.3. The summed E-state index contributed by atoms with van der Waals surface area (Å²) in [6.45, 7) is 2.42. The van der Waals surface area contributed by atoms with Gasteiger partial charge in [0.1, 0.15) is 0 Å². The van der Waals surface area contributed by atoms with Crippen molar-refractivity contribution >= 4 is 23.2 Å². The van der Waals surface area contributed by atoms with Crippen molar-refractivity contribution in [2.75, 3.05) is 13.1 Å². The average Bonchev–Trinajstić information content (AvgIpc) is 2.51. The lowest BCUT2D eigenvalue weighted by Crippen LogP contribution is -2.37. The van der Waals surface area contributed by atoms with E-state index in [9.17, 15) is 0 Å². The number of fused-ring (bicyclic) bond motifs is 1. The van der Waals surface area contributed by atoms with Crippen molar-refractivity contribution in [3.05, 3.63) is 69.2 Å². The van der Waals surface area contributed by atoms with Gasteiger partial charge in [-0.05, 0) is 41.3 Å². The second-order valence-electron chi connectivity index (χ2n) is 5.41. The van der Waals surface area contributed by atoms with Crippen LogP contribution in [0.15, 0.2) is 42.5 Å². The molecule has 0 spiro atoms. The van der Waals surface area contributed by atoms with E-state index >= 15 is 0 Å². The monoisotopic (exact) mass is 320 g/mol. The summed E-state index contributed by atoms with van der Waals surface area (Å²) in [5.41, 5.74) is 9.86. The van der Waals surface area contributed by atoms with Crippen molar-refractivity contribution in [2.24, 2.45) is 5.73 Å². The molecular weight excluding hydrogens is 303 g/mol. The van der Waals surface area contributed by atoms with Gasteiger partial charge in [-0.15, -0.1) is 0 Å². The van der Waals surface area contributed by atoms with Gasteiger partial charge in [0.15, 0.2) is 0 Å². The van der Waals surface area contributed by atoms with E-state index in [1.54, 1.807) is 0 Å². The molecule has 2 nitrogen and oxygen atoms in total. The highest BCUT2D eigenvalue weighted by Gasteiger charge is 2.25. The maximum Gasteiger partial charge on any atom is 0.0489 e. The molecule has 1 unspecified atom stereocenters. The van der Waals surface area contributed by atoms with E-state index in [1.807, 2.05) is 18.2 Å². The van der Waals surface area contributed by atoms with Crippen LogP contribution in [0.3, 0.4) is 0 Å². The summed E-state index contributed by atoms with van der Waals surface area (Å²) in [4.78, 5) is 2.39. The zero-order valence-electron chi connectivity index (χ0n) is 11.7. The fourth-order valence-electron chi connectivity index (χ4n) is 3.03. The first-order chi connectivity index (χ1) is 10.2. The summed E-state index contributed by atoms with van der Waals surface area (Å²) < 4.78 is 0. The SMILES string of the molecule is NCC(c1cc(Cl)ccc1Cl)N1CCc2ccccc2C1. The number of rotatable bonds is 3. The minimum atomic E-state index is 0.101. The Labute approximate surface area is 135 Å². The van der Waals surface area contributed by atoms with Gasteiger partial charge in [0, 0.05) is 35.7 Å². The van der Waals surface area contributed by atoms with Gasteiger partial charge in [0.05, 0.1) is 0 Å². The van der Waals surface area contributed by atoms with Crippen molar-refractivity contribution in [3.63, 3.8) is 0 Å². The Morgan fingerprint density at radius 3 is 2.62 bits per heavy atom. The molecule has 0 fully saturated rings. The first-order valence-electron chi connectivity index (χ1n) is 7.15. The fraction of sp³-hybridized carbons (Fsp3) is 0.294. The maximum absolute atomic E-state index is 6.35. The largest absolute Gasteiger partial charge is 0.329 e. The Kier molecular flexibility index (Phi) is 4.51. The molecule has 3 rings (SSSR count). The first kappa shape index (κ1) is 14.9. The van der Waals surface area contributed by atoms with Gasteiger partial charge >= 0.3 is 0 Å². The second-order valence-corrected chi connectivity index (χ2v) is 6.25. The Hall–Kier alpha value is -1.06. The van der Waals surface area contributed by atoms with Crippen LogP contribution in [0.1, 0.15) is 22.7 Å². The van der Waals surface area contributed by atoms with Gasteiger partial charge in [-0.25, -0.2) is 0 Å². The molecule has 1 aliphatic heterocycles. The quantitative estimate of drug-likeness (QED) is 0.924. The van der Waals surface area contributed by atoms with Crippen LogP contribution >= 0.6 is 23.2 Å². The van der Waals surface area contributed by atoms with E-state index in [2.05, 4.69) is 29.2 Å². The molecule has 0 aliphatic carbocycles. The Balaban J connectivity index is 1.90. The number of nitrogens with zero attached hydrogens (tertiary/aromatic N) is 1. The van der Waals surface area contributed by atoms with Gasteiger partial charge in [0.25, 0.3) is 0 Å². The van der Waals surface area contributed by atoms with E-state index in [1.165, 1.54) is 11.1 Å². The van der Waals surface area contributed by atoms with Crippen molar-refractivity contribution < 1.29 is 0 Å². The van der Waals surface area contributed by atoms with Crippen LogP contribution in [-0.2, 0) is 13.0 Å². The molecule has 1 heterocycles. The zero-order chi connectivity index (χ0) is 14.8. The average molecular weight is 321 g/mol. The molecule has 0 saturated carbocycles. The molecule has 0 amide bonds. The third kappa shape index (κ3) is 3.09. The molecule has 1 aliphatic rings. The predicted molar refractivity (Wildman–Crippen MR) is 88.8 cm³/mol. The first-order valence-corrected chi connectivity index (χ1v) is 7.90. The molecule has 0 bridgehead atoms. The van der Waals surface area contributed by atoms with E-state index in [0.717, 1.165) is 30.1 Å². The van der Waals surface area contributed by atoms with Crippen LogP contribution in [0.4, 0.5) is 0 Å². The van der Waals surface area contributed by atoms with E-state index in [-0.39, 0.29) is 6.04 Å². The van der Waals surface area contributed by atoms with Crippen molar-refractivity contribution in [1.82, 2.24) is 4.90 Å². The molecule has 2 aromatic carbocycles. The van der Waals surface area contributed by atoms with Crippen molar-refractivity contribution in [2.45, 2.75) is 19.0 Å². The number of halogens is 2. The Morgan fingerprint density at radius 2 is 1.86 bits per heavy atom. The molecule has 1 atom stereocenters. The second kappa shape index (κ2) is 6.37. The van der Waals surface area contributed by atoms with Crippen LogP contribution in [0.2, 0.25) is 10.0 Å². The number of hydrogen-bond acceptors (Lipinski definition) is 2.